The van der Waals surface area contributed by atoms with Crippen molar-refractivity contribution in [2.75, 3.05) is 37.6 Å². The lowest BCUT2D eigenvalue weighted by Crippen LogP contribution is -2.48. The van der Waals surface area contributed by atoms with Crippen LogP contribution in [0.4, 0.5) is 10.1 Å². The zero-order valence-corrected chi connectivity index (χ0v) is 13.7. The van der Waals surface area contributed by atoms with E-state index in [-0.39, 0.29) is 24.8 Å². The molecule has 25 heavy (non-hydrogen) atoms. The first-order valence-corrected chi connectivity index (χ1v) is 8.26. The van der Waals surface area contributed by atoms with Crippen LogP contribution < -0.4 is 10.2 Å². The lowest BCUT2D eigenvalue weighted by atomic mass is 9.90. The number of piperidine rings is 1. The Kier molecular flexibility index (Phi) is 4.98. The summed E-state index contributed by atoms with van der Waals surface area (Å²) in [6.45, 7) is 2.19. The van der Waals surface area contributed by atoms with Gasteiger partial charge in [0.2, 0.25) is 11.8 Å². The van der Waals surface area contributed by atoms with Gasteiger partial charge in [0, 0.05) is 32.6 Å². The van der Waals surface area contributed by atoms with E-state index in [2.05, 4.69) is 5.32 Å². The van der Waals surface area contributed by atoms with E-state index < -0.39 is 17.7 Å². The SMILES string of the molecule is O=C(O)CN1CCN(c2ccc([C@H]3CCC(=O)NC3=O)cc2F)CC1. The third kappa shape index (κ3) is 3.96. The van der Waals surface area contributed by atoms with Gasteiger partial charge >= 0.3 is 5.97 Å². The van der Waals surface area contributed by atoms with Gasteiger partial charge in [-0.1, -0.05) is 6.07 Å². The van der Waals surface area contributed by atoms with Crippen molar-refractivity contribution in [1.82, 2.24) is 10.2 Å². The molecule has 2 heterocycles. The topological polar surface area (TPSA) is 89.9 Å². The van der Waals surface area contributed by atoms with Crippen molar-refractivity contribution in [3.8, 4) is 0 Å². The van der Waals surface area contributed by atoms with Gasteiger partial charge in [-0.05, 0) is 24.1 Å². The minimum Gasteiger partial charge on any atom is -0.480 e. The second kappa shape index (κ2) is 7.18. The van der Waals surface area contributed by atoms with Gasteiger partial charge < -0.3 is 10.0 Å². The number of piperazine rings is 1. The van der Waals surface area contributed by atoms with E-state index in [9.17, 15) is 18.8 Å². The van der Waals surface area contributed by atoms with E-state index in [1.165, 1.54) is 6.07 Å². The van der Waals surface area contributed by atoms with Crippen molar-refractivity contribution in [3.05, 3.63) is 29.6 Å². The summed E-state index contributed by atoms with van der Waals surface area (Å²) in [6, 6.07) is 4.74. The number of nitrogens with zero attached hydrogens (tertiary/aromatic N) is 2. The summed E-state index contributed by atoms with van der Waals surface area (Å²) in [5.74, 6) is -2.46. The van der Waals surface area contributed by atoms with Gasteiger partial charge in [-0.2, -0.15) is 0 Å². The monoisotopic (exact) mass is 349 g/mol. The fourth-order valence-electron chi connectivity index (χ4n) is 3.35. The molecule has 1 atom stereocenters. The molecule has 0 unspecified atom stereocenters. The first-order valence-electron chi connectivity index (χ1n) is 8.26. The number of halogens is 1. The van der Waals surface area contributed by atoms with Crippen LogP contribution in [0, 0.1) is 5.82 Å². The van der Waals surface area contributed by atoms with Crippen molar-refractivity contribution in [3.63, 3.8) is 0 Å². The Morgan fingerprint density at radius 2 is 1.96 bits per heavy atom. The average molecular weight is 349 g/mol. The van der Waals surface area contributed by atoms with Crippen LogP contribution in [-0.2, 0) is 14.4 Å². The number of carbonyl (C=O) groups is 3. The Morgan fingerprint density at radius 1 is 1.24 bits per heavy atom. The number of anilines is 1. The van der Waals surface area contributed by atoms with Gasteiger partial charge in [0.25, 0.3) is 0 Å². The maximum absolute atomic E-state index is 14.6. The van der Waals surface area contributed by atoms with Crippen LogP contribution in [-0.4, -0.2) is 60.5 Å². The molecule has 2 fully saturated rings. The zero-order valence-electron chi connectivity index (χ0n) is 13.7. The number of nitrogens with one attached hydrogen (secondary N) is 1. The van der Waals surface area contributed by atoms with E-state index in [0.717, 1.165) is 0 Å². The highest BCUT2D eigenvalue weighted by Gasteiger charge is 2.29. The number of hydrogen-bond donors (Lipinski definition) is 2. The quantitative estimate of drug-likeness (QED) is 0.772. The molecule has 134 valence electrons. The molecule has 2 N–H and O–H groups in total. The van der Waals surface area contributed by atoms with Gasteiger partial charge in [0.05, 0.1) is 18.2 Å². The summed E-state index contributed by atoms with van der Waals surface area (Å²) >= 11 is 0. The first-order chi connectivity index (χ1) is 11.9. The molecule has 8 heteroatoms. The average Bonchev–Trinajstić information content (AvgIpc) is 2.55. The molecule has 2 aliphatic rings. The maximum atomic E-state index is 14.6. The third-order valence-electron chi connectivity index (χ3n) is 4.69. The Bertz CT molecular complexity index is 701. The molecule has 3 rings (SSSR count). The molecule has 7 nitrogen and oxygen atoms in total. The maximum Gasteiger partial charge on any atom is 0.317 e. The predicted molar refractivity (Wildman–Crippen MR) is 87.8 cm³/mol. The van der Waals surface area contributed by atoms with Crippen LogP contribution in [0.2, 0.25) is 0 Å². The predicted octanol–water partition coefficient (Wildman–Crippen LogP) is 0.552. The molecule has 0 aromatic heterocycles. The number of benzene rings is 1. The summed E-state index contributed by atoms with van der Waals surface area (Å²) in [5.41, 5.74) is 1.02. The Balaban J connectivity index is 1.68. The largest absolute Gasteiger partial charge is 0.480 e. The number of hydrogen-bond acceptors (Lipinski definition) is 5. The fraction of sp³-hybridized carbons (Fsp3) is 0.471. The van der Waals surface area contributed by atoms with Crippen molar-refractivity contribution in [2.24, 2.45) is 0 Å². The molecule has 0 radical (unpaired) electrons. The summed E-state index contributed by atoms with van der Waals surface area (Å²) < 4.78 is 14.6. The van der Waals surface area contributed by atoms with Crippen molar-refractivity contribution in [1.29, 1.82) is 0 Å². The molecule has 1 aromatic rings. The standard InChI is InChI=1S/C17H20FN3O4/c18-13-9-11(12-2-4-15(22)19-17(12)25)1-3-14(13)21-7-5-20(6-8-21)10-16(23)24/h1,3,9,12H,2,4-8,10H2,(H,23,24)(H,19,22,25)/t12-/m1/s1. The molecule has 2 saturated heterocycles. The molecule has 0 spiro atoms. The number of carboxylic acids is 1. The van der Waals surface area contributed by atoms with E-state index in [1.54, 1.807) is 12.1 Å². The minimum atomic E-state index is -0.867. The van der Waals surface area contributed by atoms with Gasteiger partial charge in [-0.25, -0.2) is 4.39 Å². The van der Waals surface area contributed by atoms with Gasteiger partial charge in [0.15, 0.2) is 0 Å². The molecule has 2 amide bonds. The Hall–Kier alpha value is -2.48. The molecule has 2 aliphatic heterocycles. The summed E-state index contributed by atoms with van der Waals surface area (Å²) in [7, 11) is 0. The van der Waals surface area contributed by atoms with E-state index in [4.69, 9.17) is 5.11 Å². The molecular weight excluding hydrogens is 329 g/mol. The summed E-state index contributed by atoms with van der Waals surface area (Å²) in [6.07, 6.45) is 0.641. The van der Waals surface area contributed by atoms with Crippen LogP contribution in [0.5, 0.6) is 0 Å². The second-order valence-electron chi connectivity index (χ2n) is 6.37. The lowest BCUT2D eigenvalue weighted by Gasteiger charge is -2.35. The Morgan fingerprint density at radius 3 is 2.56 bits per heavy atom. The van der Waals surface area contributed by atoms with Crippen LogP contribution in [0.1, 0.15) is 24.3 Å². The fourth-order valence-corrected chi connectivity index (χ4v) is 3.35. The van der Waals surface area contributed by atoms with Crippen molar-refractivity contribution in [2.45, 2.75) is 18.8 Å². The smallest absolute Gasteiger partial charge is 0.317 e. The number of aliphatic carboxylic acids is 1. The number of carbonyl (C=O) groups excluding carboxylic acids is 2. The van der Waals surface area contributed by atoms with Crippen LogP contribution in [0.3, 0.4) is 0 Å². The number of rotatable bonds is 4. The first kappa shape index (κ1) is 17.3. The number of carboxylic acid groups (broad SMARTS) is 1. The van der Waals surface area contributed by atoms with Gasteiger partial charge in [-0.3, -0.25) is 24.6 Å². The van der Waals surface area contributed by atoms with E-state index in [1.807, 2.05) is 9.80 Å². The number of amides is 2. The summed E-state index contributed by atoms with van der Waals surface area (Å²) in [5, 5.41) is 11.1. The van der Waals surface area contributed by atoms with Crippen LogP contribution >= 0.6 is 0 Å². The van der Waals surface area contributed by atoms with Crippen LogP contribution in [0.15, 0.2) is 18.2 Å². The highest BCUT2D eigenvalue weighted by atomic mass is 19.1. The number of imide groups is 1. The second-order valence-corrected chi connectivity index (χ2v) is 6.37. The molecule has 0 saturated carbocycles. The summed E-state index contributed by atoms with van der Waals surface area (Å²) in [4.78, 5) is 37.6. The molecular formula is C17H20FN3O4. The highest BCUT2D eigenvalue weighted by molar-refractivity contribution is 6.00. The zero-order chi connectivity index (χ0) is 18.0. The molecule has 0 bridgehead atoms. The Labute approximate surface area is 144 Å². The van der Waals surface area contributed by atoms with Crippen LogP contribution in [0.25, 0.3) is 0 Å². The molecule has 1 aromatic carbocycles. The lowest BCUT2D eigenvalue weighted by molar-refractivity contribution is -0.138. The van der Waals surface area contributed by atoms with Gasteiger partial charge in [-0.15, -0.1) is 0 Å². The van der Waals surface area contributed by atoms with Crippen molar-refractivity contribution < 1.29 is 23.9 Å². The highest BCUT2D eigenvalue weighted by Crippen LogP contribution is 2.29. The van der Waals surface area contributed by atoms with Gasteiger partial charge in [0.1, 0.15) is 5.82 Å². The van der Waals surface area contributed by atoms with E-state index >= 15 is 0 Å². The van der Waals surface area contributed by atoms with E-state index in [0.29, 0.717) is 43.9 Å². The van der Waals surface area contributed by atoms with Crippen molar-refractivity contribution >= 4 is 23.5 Å². The normalized spacial score (nSPS) is 22.0. The minimum absolute atomic E-state index is 0.00916. The molecule has 0 aliphatic carbocycles. The third-order valence-corrected chi connectivity index (χ3v) is 4.69.